The molecule has 1 aromatic heterocycles. The molecular formula is C53H63NO14Si. The van der Waals surface area contributed by atoms with Gasteiger partial charge in [-0.05, 0) is 92.4 Å². The summed E-state index contributed by atoms with van der Waals surface area (Å²) in [7, 11) is -2.61. The van der Waals surface area contributed by atoms with E-state index >= 15 is 4.79 Å². The lowest BCUT2D eigenvalue weighted by atomic mass is 9.44. The molecule has 3 heterocycles. The second kappa shape index (κ2) is 18.1. The molecule has 6 aliphatic rings. The predicted octanol–water partition coefficient (Wildman–Crippen LogP) is 7.80. The van der Waals surface area contributed by atoms with Crippen LogP contribution in [0.15, 0.2) is 99.6 Å². The lowest BCUT2D eigenvalue weighted by molar-refractivity contribution is -0.345. The fraction of sp³-hybridized carbons (Fsp3) is 0.547. The van der Waals surface area contributed by atoms with E-state index in [4.69, 9.17) is 42.3 Å². The minimum atomic E-state index is -2.61. The number of benzene rings is 2. The number of hydrogen-bond acceptors (Lipinski definition) is 15. The number of Topliss-reactive ketones (excluding diaryl/α,β-unsaturated/α-hetero) is 1. The summed E-state index contributed by atoms with van der Waals surface area (Å²) in [6.45, 7) is 14.0. The van der Waals surface area contributed by atoms with Crippen molar-refractivity contribution in [2.24, 2.45) is 27.7 Å². The first-order valence-corrected chi connectivity index (χ1v) is 26.9. The average molecular weight is 966 g/mol. The zero-order valence-corrected chi connectivity index (χ0v) is 41.6. The number of hydrogen-bond donors (Lipinski definition) is 1. The van der Waals surface area contributed by atoms with Gasteiger partial charge in [0, 0.05) is 30.7 Å². The first kappa shape index (κ1) is 48.6. The van der Waals surface area contributed by atoms with Crippen LogP contribution in [0.3, 0.4) is 0 Å². The normalized spacial score (nSPS) is 33.5. The van der Waals surface area contributed by atoms with Crippen LogP contribution >= 0.6 is 0 Å². The molecular weight excluding hydrogens is 903 g/mol. The summed E-state index contributed by atoms with van der Waals surface area (Å²) in [5.41, 5.74) is -5.95. The number of fused-ring (bicyclic) bond motifs is 5. The van der Waals surface area contributed by atoms with E-state index in [1.807, 2.05) is 18.2 Å². The number of aliphatic imine (C=N–C) groups is 1. The van der Waals surface area contributed by atoms with Crippen molar-refractivity contribution in [2.75, 3.05) is 6.61 Å². The van der Waals surface area contributed by atoms with E-state index < -0.39 is 109 Å². The van der Waals surface area contributed by atoms with Gasteiger partial charge in [-0.15, -0.1) is 0 Å². The number of furan rings is 1. The number of ether oxygens (including phenoxy) is 6. The highest BCUT2D eigenvalue weighted by atomic mass is 28.4. The molecule has 2 aliphatic heterocycles. The van der Waals surface area contributed by atoms with Gasteiger partial charge in [0.25, 0.3) is 0 Å². The van der Waals surface area contributed by atoms with E-state index in [-0.39, 0.29) is 42.4 Å². The number of rotatable bonds is 14. The van der Waals surface area contributed by atoms with Crippen molar-refractivity contribution in [3.05, 3.63) is 107 Å². The fourth-order valence-corrected chi connectivity index (χ4v) is 14.9. The number of nitrogens with zero attached hydrogens (tertiary/aromatic N) is 1. The molecule has 15 nitrogen and oxygen atoms in total. The van der Waals surface area contributed by atoms with Gasteiger partial charge in [-0.2, -0.15) is 0 Å². The second-order valence-electron chi connectivity index (χ2n) is 20.4. The lowest BCUT2D eigenvalue weighted by Crippen LogP contribution is -2.82. The molecule has 368 valence electrons. The zero-order valence-electron chi connectivity index (χ0n) is 40.6. The third-order valence-corrected chi connectivity index (χ3v) is 21.1. The van der Waals surface area contributed by atoms with Crippen LogP contribution in [0, 0.1) is 22.7 Å². The van der Waals surface area contributed by atoms with Crippen LogP contribution in [-0.2, 0) is 52.0 Å². The van der Waals surface area contributed by atoms with E-state index in [0.717, 1.165) is 18.1 Å². The maximum absolute atomic E-state index is 16.5. The summed E-state index contributed by atoms with van der Waals surface area (Å²) < 4.78 is 51.9. The Kier molecular flexibility index (Phi) is 12.7. The van der Waals surface area contributed by atoms with Crippen molar-refractivity contribution in [3.63, 3.8) is 0 Å². The molecule has 3 saturated carbocycles. The molecule has 2 bridgehead atoms. The van der Waals surface area contributed by atoms with Gasteiger partial charge in [0.1, 0.15) is 29.7 Å². The zero-order chi connectivity index (χ0) is 49.3. The van der Waals surface area contributed by atoms with Crippen molar-refractivity contribution in [1.29, 1.82) is 0 Å². The van der Waals surface area contributed by atoms with E-state index in [1.165, 1.54) is 13.2 Å². The SMILES string of the molecule is CC[Si](CC)(CC)O[C@H]1C[C@H]2OC[C@@]2(OC(=O)C2CC2)C2[C@H](OC(=O)c3ccccc3)[C@]3(O)CC(OC(=O)[C@@H]4OC(c5ccccc5)=NC4c4ccco4)C(C)=C([C@@H](OC(C)=O)C(=O)[C@@]21C)C3(C)C. The van der Waals surface area contributed by atoms with E-state index in [1.54, 1.807) is 82.3 Å². The monoisotopic (exact) mass is 965 g/mol. The van der Waals surface area contributed by atoms with E-state index in [9.17, 15) is 24.3 Å². The molecule has 69 heavy (non-hydrogen) atoms. The maximum Gasteiger partial charge on any atom is 0.350 e. The van der Waals surface area contributed by atoms with Crippen LogP contribution in [0.1, 0.15) is 109 Å². The Morgan fingerprint density at radius 3 is 2.12 bits per heavy atom. The summed E-state index contributed by atoms with van der Waals surface area (Å²) in [5.74, 6) is -4.74. The van der Waals surface area contributed by atoms with Crippen molar-refractivity contribution >= 4 is 43.9 Å². The van der Waals surface area contributed by atoms with Gasteiger partial charge in [0.15, 0.2) is 31.8 Å². The van der Waals surface area contributed by atoms with Gasteiger partial charge in [0.05, 0.1) is 41.8 Å². The Balaban J connectivity index is 1.24. The summed E-state index contributed by atoms with van der Waals surface area (Å²) in [6.07, 6.45) is -5.35. The molecule has 0 spiro atoms. The summed E-state index contributed by atoms with van der Waals surface area (Å²) >= 11 is 0. The molecule has 11 atom stereocenters. The molecule has 0 amide bonds. The minimum Gasteiger partial charge on any atom is -0.467 e. The van der Waals surface area contributed by atoms with Gasteiger partial charge in [-0.3, -0.25) is 14.4 Å². The summed E-state index contributed by atoms with van der Waals surface area (Å²) in [5, 5.41) is 14.3. The molecule has 4 aliphatic carbocycles. The average Bonchev–Trinajstić information content (AvgIpc) is 3.86. The first-order valence-electron chi connectivity index (χ1n) is 24.3. The maximum atomic E-state index is 16.5. The summed E-state index contributed by atoms with van der Waals surface area (Å²) in [4.78, 5) is 78.5. The molecule has 1 saturated heterocycles. The van der Waals surface area contributed by atoms with Crippen LogP contribution < -0.4 is 0 Å². The highest BCUT2D eigenvalue weighted by Gasteiger charge is 2.79. The number of ketones is 1. The first-order chi connectivity index (χ1) is 32.9. The van der Waals surface area contributed by atoms with Gasteiger partial charge < -0.3 is 42.4 Å². The van der Waals surface area contributed by atoms with Crippen LogP contribution in [0.2, 0.25) is 18.1 Å². The molecule has 3 aromatic rings. The van der Waals surface area contributed by atoms with Crippen molar-refractivity contribution in [3.8, 4) is 0 Å². The third-order valence-electron chi connectivity index (χ3n) is 16.5. The van der Waals surface area contributed by atoms with Crippen LogP contribution in [0.5, 0.6) is 0 Å². The highest BCUT2D eigenvalue weighted by molar-refractivity contribution is 6.73. The standard InChI is InChI=1S/C53H63NO14Si/c1-9-69(10-2,11-3)68-37-27-38-52(29-62-38,67-48(58)34-24-25-34)43-45(66-47(57)33-21-16-13-17-22-33)53(60)28-36(30(4)39(50(53,6)7)41(63-31(5)55)44(56)51(37,43)8)64-49(59)42-40(35-23-18-26-61-35)54-46(65-42)32-19-14-12-15-20-32/h12-23,26,34,36-38,40-43,45,60H,9-11,24-25,27-29H2,1-8H3/t36?,37-,38+,40?,41+,42+,43?,45-,51+,52-,53+/m0/s1. The predicted molar refractivity (Wildman–Crippen MR) is 251 cm³/mol. The number of esters is 4. The highest BCUT2D eigenvalue weighted by Crippen LogP contribution is 2.65. The molecule has 16 heteroatoms. The van der Waals surface area contributed by atoms with Gasteiger partial charge >= 0.3 is 23.9 Å². The fourth-order valence-electron chi connectivity index (χ4n) is 12.0. The molecule has 1 N–H and O–H groups in total. The van der Waals surface area contributed by atoms with Gasteiger partial charge in [-0.25, -0.2) is 14.6 Å². The molecule has 0 radical (unpaired) electrons. The molecule has 9 rings (SSSR count). The van der Waals surface area contributed by atoms with E-state index in [0.29, 0.717) is 29.7 Å². The van der Waals surface area contributed by atoms with Gasteiger partial charge in [-0.1, -0.05) is 71.0 Å². The molecule has 3 unspecified atom stereocenters. The quantitative estimate of drug-likeness (QED) is 0.0711. The smallest absolute Gasteiger partial charge is 0.350 e. The van der Waals surface area contributed by atoms with Crippen LogP contribution in [-0.4, -0.2) is 103 Å². The Morgan fingerprint density at radius 1 is 0.870 bits per heavy atom. The number of aliphatic hydroxyl groups is 1. The largest absolute Gasteiger partial charge is 0.467 e. The Morgan fingerprint density at radius 2 is 1.54 bits per heavy atom. The summed E-state index contributed by atoms with van der Waals surface area (Å²) in [6, 6.07) is 21.9. The van der Waals surface area contributed by atoms with Crippen molar-refractivity contribution in [2.45, 2.75) is 153 Å². The van der Waals surface area contributed by atoms with Crippen molar-refractivity contribution in [1.82, 2.24) is 0 Å². The number of carbonyl (C=O) groups is 5. The van der Waals surface area contributed by atoms with Crippen LogP contribution in [0.25, 0.3) is 0 Å². The Labute approximate surface area is 403 Å². The number of carbonyl (C=O) groups excluding carboxylic acids is 5. The Bertz CT molecular complexity index is 2530. The lowest BCUT2D eigenvalue weighted by Gasteiger charge is -2.68. The van der Waals surface area contributed by atoms with Gasteiger partial charge in [0.2, 0.25) is 12.0 Å². The minimum absolute atomic E-state index is 0.128. The topological polar surface area (TPSA) is 196 Å². The van der Waals surface area contributed by atoms with Crippen molar-refractivity contribution < 1.29 is 66.3 Å². The molecule has 4 fully saturated rings. The van der Waals surface area contributed by atoms with Crippen LogP contribution in [0.4, 0.5) is 0 Å². The van der Waals surface area contributed by atoms with E-state index in [2.05, 4.69) is 20.8 Å². The molecule has 2 aromatic carbocycles. The Hall–Kier alpha value is -5.42. The second-order valence-corrected chi connectivity index (χ2v) is 25.1. The third kappa shape index (κ3) is 7.99.